The molecule has 1 heterocycles. The average molecular weight is 390 g/mol. The van der Waals surface area contributed by atoms with Crippen LogP contribution in [0.4, 0.5) is 0 Å². The van der Waals surface area contributed by atoms with Gasteiger partial charge >= 0.3 is 7.60 Å². The molecule has 0 saturated carbocycles. The Bertz CT molecular complexity index is 487. The maximum Gasteiger partial charge on any atom is 0.365 e. The first-order chi connectivity index (χ1) is 9.42. The molecule has 21 heavy (non-hydrogen) atoms. The normalized spacial score (nSPS) is 12.5. The predicted octanol–water partition coefficient (Wildman–Crippen LogP) is 1.68. The van der Waals surface area contributed by atoms with E-state index in [4.69, 9.17) is 9.05 Å². The minimum atomic E-state index is -3.70. The second-order valence-electron chi connectivity index (χ2n) is 3.90. The number of rotatable bonds is 8. The molecule has 1 unspecified atom stereocenters. The Labute approximate surface area is 149 Å². The fourth-order valence-corrected chi connectivity index (χ4v) is 3.03. The van der Waals surface area contributed by atoms with E-state index in [-0.39, 0.29) is 63.8 Å². The van der Waals surface area contributed by atoms with Gasteiger partial charge in [0.25, 0.3) is 0 Å². The van der Waals surface area contributed by atoms with E-state index in [1.807, 2.05) is 0 Å². The number of aliphatic hydroxyl groups is 1. The maximum atomic E-state index is 12.3. The molecule has 1 atom stereocenters. The molecule has 0 amide bonds. The van der Waals surface area contributed by atoms with Crippen LogP contribution >= 0.6 is 7.60 Å². The number of aromatic nitrogens is 2. The third-order valence-corrected chi connectivity index (χ3v) is 4.39. The van der Waals surface area contributed by atoms with Crippen molar-refractivity contribution in [2.75, 3.05) is 13.2 Å². The molecule has 0 fully saturated rings. The molecule has 9 heteroatoms. The summed E-state index contributed by atoms with van der Waals surface area (Å²) in [5.74, 6) is -1.80. The van der Waals surface area contributed by atoms with Gasteiger partial charge in [-0.3, -0.25) is 14.5 Å². The Morgan fingerprint density at radius 3 is 2.29 bits per heavy atom. The Kier molecular flexibility index (Phi) is 9.69. The van der Waals surface area contributed by atoms with Crippen LogP contribution < -0.4 is 0 Å². The van der Waals surface area contributed by atoms with Crippen molar-refractivity contribution in [2.24, 2.45) is 0 Å². The zero-order valence-electron chi connectivity index (χ0n) is 12.1. The first-order valence-electron chi connectivity index (χ1n) is 6.15. The number of ketones is 1. The van der Waals surface area contributed by atoms with Crippen LogP contribution in [0.25, 0.3) is 0 Å². The van der Waals surface area contributed by atoms with Crippen LogP contribution in [0.1, 0.15) is 31.1 Å². The number of Topliss-reactive ketones (excluding diaryl/α,β-unsaturated/α-hetero) is 1. The van der Waals surface area contributed by atoms with Crippen molar-refractivity contribution < 1.29 is 56.2 Å². The Balaban J connectivity index is 0.00000400. The van der Waals surface area contributed by atoms with E-state index in [2.05, 4.69) is 16.9 Å². The third kappa shape index (κ3) is 6.22. The Morgan fingerprint density at radius 1 is 1.33 bits per heavy atom. The maximum absolute atomic E-state index is 12.3. The van der Waals surface area contributed by atoms with E-state index in [0.717, 1.165) is 0 Å². The standard InChI is InChI=1S/C12H18N2O5P.Y/c1-4-18-20(17,19-5-2)12(16)11-8-13-10(7-14-11)6-9(3)15;/h7-8,12,16H,3-6H2,1-2H3;/q-1;. The molecule has 0 spiro atoms. The van der Waals surface area contributed by atoms with Crippen LogP contribution in [0.3, 0.4) is 0 Å². The van der Waals surface area contributed by atoms with Crippen LogP contribution in [0, 0.1) is 6.92 Å². The summed E-state index contributed by atoms with van der Waals surface area (Å²) in [7, 11) is -3.70. The second-order valence-corrected chi connectivity index (χ2v) is 5.98. The SMILES string of the molecule is [CH2-]C(=O)Cc1cnc(C(O)P(=O)(OCC)OCC)cn1.[Y]. The van der Waals surface area contributed by atoms with Gasteiger partial charge in [0.2, 0.25) is 0 Å². The van der Waals surface area contributed by atoms with E-state index in [1.54, 1.807) is 13.8 Å². The van der Waals surface area contributed by atoms with Gasteiger partial charge < -0.3 is 25.9 Å². The Morgan fingerprint density at radius 2 is 1.90 bits per heavy atom. The number of aliphatic hydroxyl groups excluding tert-OH is 1. The minimum Gasteiger partial charge on any atom is -0.375 e. The van der Waals surface area contributed by atoms with Gasteiger partial charge in [-0.2, -0.15) is 0 Å². The van der Waals surface area contributed by atoms with Crippen molar-refractivity contribution >= 4 is 13.4 Å². The summed E-state index contributed by atoms with van der Waals surface area (Å²) in [5.41, 5.74) is 0.485. The zero-order chi connectivity index (χ0) is 15.2. The molecule has 1 rings (SSSR count). The summed E-state index contributed by atoms with van der Waals surface area (Å²) < 4.78 is 22.4. The molecule has 115 valence electrons. The van der Waals surface area contributed by atoms with E-state index < -0.39 is 13.4 Å². The van der Waals surface area contributed by atoms with Gasteiger partial charge in [-0.25, -0.2) is 0 Å². The average Bonchev–Trinajstić information content (AvgIpc) is 2.38. The van der Waals surface area contributed by atoms with Gasteiger partial charge in [0.05, 0.1) is 30.8 Å². The molecule has 0 aliphatic rings. The van der Waals surface area contributed by atoms with Crippen molar-refractivity contribution in [3.8, 4) is 0 Å². The fraction of sp³-hybridized carbons (Fsp3) is 0.500. The fourth-order valence-electron chi connectivity index (χ4n) is 1.49. The largest absolute Gasteiger partial charge is 0.375 e. The number of hydrogen-bond donors (Lipinski definition) is 1. The quantitative estimate of drug-likeness (QED) is 0.533. The smallest absolute Gasteiger partial charge is 0.365 e. The van der Waals surface area contributed by atoms with Gasteiger partial charge in [0, 0.05) is 51.1 Å². The van der Waals surface area contributed by atoms with Crippen molar-refractivity contribution in [2.45, 2.75) is 26.1 Å². The van der Waals surface area contributed by atoms with E-state index in [0.29, 0.717) is 5.69 Å². The number of hydrogen-bond acceptors (Lipinski definition) is 7. The predicted molar refractivity (Wildman–Crippen MR) is 71.9 cm³/mol. The number of carbonyl (C=O) groups excluding carboxylic acids is 1. The van der Waals surface area contributed by atoms with Gasteiger partial charge in [0.1, 0.15) is 0 Å². The molecule has 7 nitrogen and oxygen atoms in total. The first kappa shape index (κ1) is 20.8. The summed E-state index contributed by atoms with van der Waals surface area (Å²) in [6.07, 6.45) is 2.62. The molecule has 0 saturated heterocycles. The summed E-state index contributed by atoms with van der Waals surface area (Å²) in [4.78, 5) is 18.7. The molecular weight excluding hydrogens is 372 g/mol. The molecule has 0 aliphatic heterocycles. The van der Waals surface area contributed by atoms with E-state index >= 15 is 0 Å². The molecule has 0 aromatic carbocycles. The van der Waals surface area contributed by atoms with Crippen molar-refractivity contribution in [3.63, 3.8) is 0 Å². The summed E-state index contributed by atoms with van der Waals surface area (Å²) in [5, 5.41) is 10.1. The van der Waals surface area contributed by atoms with Crippen LogP contribution in [0.5, 0.6) is 0 Å². The molecule has 1 aromatic heterocycles. The topological polar surface area (TPSA) is 98.6 Å². The molecule has 0 bridgehead atoms. The molecular formula is C12H18N2O5PY-. The summed E-state index contributed by atoms with van der Waals surface area (Å²) in [6.45, 7) is 6.80. The summed E-state index contributed by atoms with van der Waals surface area (Å²) >= 11 is 0. The van der Waals surface area contributed by atoms with E-state index in [1.165, 1.54) is 12.4 Å². The van der Waals surface area contributed by atoms with Gasteiger partial charge in [0.15, 0.2) is 5.85 Å². The first-order valence-corrected chi connectivity index (χ1v) is 7.76. The van der Waals surface area contributed by atoms with Gasteiger partial charge in [-0.1, -0.05) is 0 Å². The monoisotopic (exact) mass is 390 g/mol. The Hall–Kier alpha value is -0.166. The molecule has 0 aliphatic carbocycles. The second kappa shape index (κ2) is 9.77. The number of nitrogens with zero attached hydrogens (tertiary/aromatic N) is 2. The van der Waals surface area contributed by atoms with E-state index in [9.17, 15) is 14.5 Å². The summed E-state index contributed by atoms with van der Waals surface area (Å²) in [6, 6.07) is 0. The zero-order valence-corrected chi connectivity index (χ0v) is 15.8. The van der Waals surface area contributed by atoms with Crippen molar-refractivity contribution in [1.29, 1.82) is 0 Å². The van der Waals surface area contributed by atoms with Crippen molar-refractivity contribution in [3.05, 3.63) is 30.7 Å². The van der Waals surface area contributed by atoms with Crippen molar-refractivity contribution in [1.82, 2.24) is 9.97 Å². The number of carbonyl (C=O) groups is 1. The minimum absolute atomic E-state index is 0. The third-order valence-electron chi connectivity index (χ3n) is 2.29. The van der Waals surface area contributed by atoms with Gasteiger partial charge in [-0.05, 0) is 13.8 Å². The molecule has 1 aromatic rings. The van der Waals surface area contributed by atoms with Crippen LogP contribution in [0.15, 0.2) is 12.4 Å². The van der Waals surface area contributed by atoms with Crippen LogP contribution in [-0.2, 0) is 57.5 Å². The van der Waals surface area contributed by atoms with Crippen LogP contribution in [-0.4, -0.2) is 34.1 Å². The molecule has 1 N–H and O–H groups in total. The van der Waals surface area contributed by atoms with Crippen LogP contribution in [0.2, 0.25) is 0 Å². The molecule has 1 radical (unpaired) electrons. The van der Waals surface area contributed by atoms with Gasteiger partial charge in [-0.15, -0.1) is 0 Å².